The summed E-state index contributed by atoms with van der Waals surface area (Å²) in [5.74, 6) is 0. The van der Waals surface area contributed by atoms with Crippen LogP contribution in [0.3, 0.4) is 0 Å². The molecule has 3 heteroatoms. The molecule has 0 bridgehead atoms. The largest absolute Gasteiger partial charge is 0.394 e. The molecule has 110 valence electrons. The second-order valence-corrected chi connectivity index (χ2v) is 5.87. The van der Waals surface area contributed by atoms with E-state index in [0.29, 0.717) is 12.1 Å². The van der Waals surface area contributed by atoms with Crippen LogP contribution in [0.25, 0.3) is 0 Å². The van der Waals surface area contributed by atoms with Gasteiger partial charge in [-0.25, -0.2) is 0 Å². The monoisotopic (exact) mass is 258 g/mol. The summed E-state index contributed by atoms with van der Waals surface area (Å²) in [5, 5.41) is 12.8. The number of nitrogens with one attached hydrogen (secondary N) is 1. The molecule has 18 heavy (non-hydrogen) atoms. The van der Waals surface area contributed by atoms with Gasteiger partial charge in [0.05, 0.1) is 6.61 Å². The van der Waals surface area contributed by atoms with Crippen molar-refractivity contribution >= 4 is 0 Å². The molecule has 3 atom stereocenters. The van der Waals surface area contributed by atoms with E-state index in [2.05, 4.69) is 44.8 Å². The third-order valence-electron chi connectivity index (χ3n) is 4.19. The lowest BCUT2D eigenvalue weighted by atomic mass is 9.93. The van der Waals surface area contributed by atoms with E-state index < -0.39 is 0 Å². The van der Waals surface area contributed by atoms with Crippen molar-refractivity contribution in [1.29, 1.82) is 0 Å². The van der Waals surface area contributed by atoms with Gasteiger partial charge in [-0.2, -0.15) is 0 Å². The van der Waals surface area contributed by atoms with Crippen molar-refractivity contribution in [3.8, 4) is 0 Å². The molecule has 0 aliphatic rings. The lowest BCUT2D eigenvalue weighted by Gasteiger charge is -2.39. The minimum Gasteiger partial charge on any atom is -0.394 e. The standard InChI is InChI=1S/C15H34N2O/c1-7-9-10-17(13(3)8-2)14(4)11-15(5,12-18)16-6/h13-14,16,18H,7-12H2,1-6H3. The lowest BCUT2D eigenvalue weighted by Crippen LogP contribution is -2.51. The highest BCUT2D eigenvalue weighted by atomic mass is 16.3. The average molecular weight is 258 g/mol. The SMILES string of the molecule is CCCCN(C(C)CC)C(C)CC(C)(CO)NC. The van der Waals surface area contributed by atoms with E-state index in [1.165, 1.54) is 19.3 Å². The molecule has 0 rings (SSSR count). The van der Waals surface area contributed by atoms with Gasteiger partial charge in [-0.15, -0.1) is 0 Å². The normalized spacial score (nSPS) is 18.7. The van der Waals surface area contributed by atoms with Gasteiger partial charge in [-0.05, 0) is 53.6 Å². The summed E-state index contributed by atoms with van der Waals surface area (Å²) in [4.78, 5) is 2.59. The van der Waals surface area contributed by atoms with Crippen LogP contribution in [0.4, 0.5) is 0 Å². The van der Waals surface area contributed by atoms with Crippen molar-refractivity contribution in [2.45, 2.75) is 77.9 Å². The Morgan fingerprint density at radius 1 is 1.22 bits per heavy atom. The van der Waals surface area contributed by atoms with Crippen molar-refractivity contribution in [2.24, 2.45) is 0 Å². The lowest BCUT2D eigenvalue weighted by molar-refractivity contribution is 0.0928. The van der Waals surface area contributed by atoms with Crippen LogP contribution in [0.5, 0.6) is 0 Å². The molecule has 0 heterocycles. The second kappa shape index (κ2) is 8.89. The van der Waals surface area contributed by atoms with E-state index in [-0.39, 0.29) is 12.1 Å². The molecule has 2 N–H and O–H groups in total. The third-order valence-corrected chi connectivity index (χ3v) is 4.19. The van der Waals surface area contributed by atoms with E-state index in [1.807, 2.05) is 7.05 Å². The summed E-state index contributed by atoms with van der Waals surface area (Å²) in [5.41, 5.74) is -0.169. The highest BCUT2D eigenvalue weighted by molar-refractivity contribution is 4.87. The van der Waals surface area contributed by atoms with Crippen LogP contribution in [0.15, 0.2) is 0 Å². The smallest absolute Gasteiger partial charge is 0.0611 e. The number of aliphatic hydroxyl groups excluding tert-OH is 1. The molecule has 0 aromatic heterocycles. The first-order valence-electron chi connectivity index (χ1n) is 7.49. The Balaban J connectivity index is 4.58. The molecule has 0 radical (unpaired) electrons. The van der Waals surface area contributed by atoms with Crippen LogP contribution < -0.4 is 5.32 Å². The Labute approximate surface area is 114 Å². The minimum absolute atomic E-state index is 0.169. The molecule has 0 aliphatic carbocycles. The first-order valence-corrected chi connectivity index (χ1v) is 7.49. The molecule has 0 aromatic carbocycles. The van der Waals surface area contributed by atoms with E-state index in [0.717, 1.165) is 13.0 Å². The quantitative estimate of drug-likeness (QED) is 0.632. The highest BCUT2D eigenvalue weighted by Gasteiger charge is 2.28. The third kappa shape index (κ3) is 5.68. The first kappa shape index (κ1) is 17.9. The van der Waals surface area contributed by atoms with Gasteiger partial charge >= 0.3 is 0 Å². The van der Waals surface area contributed by atoms with Gasteiger partial charge in [0, 0.05) is 17.6 Å². The molecular formula is C15H34N2O. The summed E-state index contributed by atoms with van der Waals surface area (Å²) in [6, 6.07) is 1.11. The zero-order chi connectivity index (χ0) is 14.2. The first-order chi connectivity index (χ1) is 8.44. The molecule has 3 unspecified atom stereocenters. The molecule has 0 spiro atoms. The number of unbranched alkanes of at least 4 members (excludes halogenated alkanes) is 1. The van der Waals surface area contributed by atoms with Crippen LogP contribution >= 0.6 is 0 Å². The van der Waals surface area contributed by atoms with Crippen LogP contribution in [-0.4, -0.2) is 47.8 Å². The Morgan fingerprint density at radius 2 is 1.83 bits per heavy atom. The molecule has 0 fully saturated rings. The Kier molecular flexibility index (Phi) is 8.83. The molecule has 0 saturated heterocycles. The van der Waals surface area contributed by atoms with Crippen LogP contribution in [-0.2, 0) is 0 Å². The predicted octanol–water partition coefficient (Wildman–Crippen LogP) is 2.64. The maximum Gasteiger partial charge on any atom is 0.0611 e. The highest BCUT2D eigenvalue weighted by Crippen LogP contribution is 2.19. The molecular weight excluding hydrogens is 224 g/mol. The fourth-order valence-corrected chi connectivity index (χ4v) is 2.47. The number of rotatable bonds is 10. The van der Waals surface area contributed by atoms with Gasteiger partial charge in [0.2, 0.25) is 0 Å². The van der Waals surface area contributed by atoms with Crippen LogP contribution in [0.2, 0.25) is 0 Å². The maximum absolute atomic E-state index is 9.51. The van der Waals surface area contributed by atoms with Crippen LogP contribution in [0, 0.1) is 0 Å². The van der Waals surface area contributed by atoms with Crippen LogP contribution in [0.1, 0.15) is 60.3 Å². The summed E-state index contributed by atoms with van der Waals surface area (Å²) >= 11 is 0. The van der Waals surface area contributed by atoms with Crippen molar-refractivity contribution in [2.75, 3.05) is 20.2 Å². The zero-order valence-corrected chi connectivity index (χ0v) is 13.3. The molecule has 0 saturated carbocycles. The number of nitrogens with zero attached hydrogens (tertiary/aromatic N) is 1. The second-order valence-electron chi connectivity index (χ2n) is 5.87. The minimum atomic E-state index is -0.169. The van der Waals surface area contributed by atoms with Crippen molar-refractivity contribution in [3.05, 3.63) is 0 Å². The molecule has 0 amide bonds. The van der Waals surface area contributed by atoms with E-state index in [9.17, 15) is 5.11 Å². The van der Waals surface area contributed by atoms with Crippen molar-refractivity contribution in [1.82, 2.24) is 10.2 Å². The molecule has 0 aromatic rings. The van der Waals surface area contributed by atoms with Gasteiger partial charge in [-0.3, -0.25) is 4.90 Å². The van der Waals surface area contributed by atoms with E-state index >= 15 is 0 Å². The van der Waals surface area contributed by atoms with Gasteiger partial charge in [-0.1, -0.05) is 20.3 Å². The van der Waals surface area contributed by atoms with E-state index in [1.54, 1.807) is 0 Å². The summed E-state index contributed by atoms with van der Waals surface area (Å²) in [6.07, 6.45) is 4.66. The topological polar surface area (TPSA) is 35.5 Å². The van der Waals surface area contributed by atoms with Gasteiger partial charge < -0.3 is 10.4 Å². The number of likely N-dealkylation sites (N-methyl/N-ethyl adjacent to an activating group) is 1. The van der Waals surface area contributed by atoms with Gasteiger partial charge in [0.15, 0.2) is 0 Å². The summed E-state index contributed by atoms with van der Waals surface area (Å²) in [6.45, 7) is 12.5. The maximum atomic E-state index is 9.51. The van der Waals surface area contributed by atoms with Gasteiger partial charge in [0.1, 0.15) is 0 Å². The predicted molar refractivity (Wildman–Crippen MR) is 80.0 cm³/mol. The average Bonchev–Trinajstić information content (AvgIpc) is 2.38. The Bertz CT molecular complexity index is 205. The number of hydrogen-bond donors (Lipinski definition) is 2. The Morgan fingerprint density at radius 3 is 2.22 bits per heavy atom. The fourth-order valence-electron chi connectivity index (χ4n) is 2.47. The molecule has 3 nitrogen and oxygen atoms in total. The number of hydrogen-bond acceptors (Lipinski definition) is 3. The van der Waals surface area contributed by atoms with Gasteiger partial charge in [0.25, 0.3) is 0 Å². The number of aliphatic hydroxyl groups is 1. The fraction of sp³-hybridized carbons (Fsp3) is 1.00. The van der Waals surface area contributed by atoms with E-state index in [4.69, 9.17) is 0 Å². The summed E-state index contributed by atoms with van der Waals surface area (Å²) in [7, 11) is 1.93. The zero-order valence-electron chi connectivity index (χ0n) is 13.3. The Hall–Kier alpha value is -0.120. The van der Waals surface area contributed by atoms with Crippen molar-refractivity contribution < 1.29 is 5.11 Å². The van der Waals surface area contributed by atoms with Crippen molar-refractivity contribution in [3.63, 3.8) is 0 Å². The summed E-state index contributed by atoms with van der Waals surface area (Å²) < 4.78 is 0. The molecule has 0 aliphatic heterocycles.